The molecule has 31 heavy (non-hydrogen) atoms. The first-order valence-electron chi connectivity index (χ1n) is 10.8. The van der Waals surface area contributed by atoms with E-state index >= 15 is 0 Å². The number of methoxy groups -OCH3 is 1. The minimum absolute atomic E-state index is 0.00140. The highest BCUT2D eigenvalue weighted by Gasteiger charge is 2.24. The van der Waals surface area contributed by atoms with E-state index in [1.165, 1.54) is 5.56 Å². The molecule has 1 aliphatic heterocycles. The highest BCUT2D eigenvalue weighted by Crippen LogP contribution is 2.21. The van der Waals surface area contributed by atoms with Crippen molar-refractivity contribution in [1.82, 2.24) is 25.0 Å². The fraction of sp³-hybridized carbons (Fsp3) is 0.375. The van der Waals surface area contributed by atoms with Gasteiger partial charge in [0.05, 0.1) is 13.7 Å². The van der Waals surface area contributed by atoms with Crippen LogP contribution in [0.25, 0.3) is 0 Å². The number of hydrogen-bond acceptors (Lipinski definition) is 4. The molecule has 3 aromatic rings. The van der Waals surface area contributed by atoms with Gasteiger partial charge in [-0.05, 0) is 42.0 Å². The normalized spacial score (nSPS) is 14.4. The summed E-state index contributed by atoms with van der Waals surface area (Å²) in [6, 6.07) is 18.1. The third-order valence-electron chi connectivity index (χ3n) is 5.87. The lowest BCUT2D eigenvalue weighted by atomic mass is 9.93. The molecule has 2 aromatic carbocycles. The number of aromatic nitrogens is 3. The summed E-state index contributed by atoms with van der Waals surface area (Å²) < 4.78 is 7.30. The number of ether oxygens (including phenoxy) is 1. The van der Waals surface area contributed by atoms with Crippen LogP contribution >= 0.6 is 0 Å². The molecule has 1 fully saturated rings. The average molecular weight is 420 g/mol. The maximum absolute atomic E-state index is 12.5. The Morgan fingerprint density at radius 2 is 1.81 bits per heavy atom. The molecule has 1 N–H and O–H groups in total. The third-order valence-corrected chi connectivity index (χ3v) is 5.87. The fourth-order valence-corrected chi connectivity index (χ4v) is 3.98. The quantitative estimate of drug-likeness (QED) is 0.636. The molecular weight excluding hydrogens is 390 g/mol. The van der Waals surface area contributed by atoms with Crippen molar-refractivity contribution in [3.63, 3.8) is 0 Å². The Bertz CT molecular complexity index is 963. The maximum Gasteiger partial charge on any atom is 0.317 e. The molecule has 0 bridgehead atoms. The summed E-state index contributed by atoms with van der Waals surface area (Å²) in [6.07, 6.45) is 4.67. The summed E-state index contributed by atoms with van der Waals surface area (Å²) in [5.74, 6) is 2.35. The molecule has 7 heteroatoms. The van der Waals surface area contributed by atoms with Crippen molar-refractivity contribution in [3.8, 4) is 5.75 Å². The van der Waals surface area contributed by atoms with Crippen LogP contribution in [0.15, 0.2) is 60.9 Å². The number of benzene rings is 2. The summed E-state index contributed by atoms with van der Waals surface area (Å²) in [6.45, 7) is 2.85. The van der Waals surface area contributed by atoms with Crippen molar-refractivity contribution < 1.29 is 9.53 Å². The minimum atomic E-state index is 0.00140. The SMILES string of the molecule is COc1ccc(CNC(=O)N2CCC(Cc3nncn3Cc3ccccc3)CC2)cc1. The Hall–Kier alpha value is -3.35. The van der Waals surface area contributed by atoms with Crippen LogP contribution in [0.1, 0.15) is 29.8 Å². The number of rotatable bonds is 7. The molecule has 0 aliphatic carbocycles. The monoisotopic (exact) mass is 419 g/mol. The summed E-state index contributed by atoms with van der Waals surface area (Å²) >= 11 is 0. The van der Waals surface area contributed by atoms with Crippen molar-refractivity contribution in [2.45, 2.75) is 32.4 Å². The molecule has 0 saturated carbocycles. The van der Waals surface area contributed by atoms with Gasteiger partial charge >= 0.3 is 6.03 Å². The van der Waals surface area contributed by atoms with Crippen LogP contribution < -0.4 is 10.1 Å². The summed E-state index contributed by atoms with van der Waals surface area (Å²) in [5.41, 5.74) is 2.30. The average Bonchev–Trinajstić information content (AvgIpc) is 3.25. The van der Waals surface area contributed by atoms with Crippen LogP contribution in [0.2, 0.25) is 0 Å². The van der Waals surface area contributed by atoms with Crippen molar-refractivity contribution in [1.29, 1.82) is 0 Å². The second kappa shape index (κ2) is 10.1. The molecule has 0 spiro atoms. The molecule has 1 aliphatic rings. The fourth-order valence-electron chi connectivity index (χ4n) is 3.98. The van der Waals surface area contributed by atoms with E-state index in [1.807, 2.05) is 41.6 Å². The molecule has 0 unspecified atom stereocenters. The zero-order valence-electron chi connectivity index (χ0n) is 17.9. The van der Waals surface area contributed by atoms with E-state index < -0.39 is 0 Å². The van der Waals surface area contributed by atoms with Gasteiger partial charge in [-0.2, -0.15) is 0 Å². The molecule has 2 amide bonds. The first kappa shape index (κ1) is 20.9. The first-order valence-corrected chi connectivity index (χ1v) is 10.8. The van der Waals surface area contributed by atoms with Crippen LogP contribution in [0.5, 0.6) is 5.75 Å². The molecule has 162 valence electrons. The Kier molecular flexibility index (Phi) is 6.82. The van der Waals surface area contributed by atoms with Gasteiger partial charge in [-0.25, -0.2) is 4.79 Å². The number of urea groups is 1. The number of likely N-dealkylation sites (tertiary alicyclic amines) is 1. The van der Waals surface area contributed by atoms with Gasteiger partial charge in [-0.3, -0.25) is 0 Å². The Morgan fingerprint density at radius 1 is 1.06 bits per heavy atom. The van der Waals surface area contributed by atoms with E-state index in [9.17, 15) is 4.79 Å². The maximum atomic E-state index is 12.5. The number of nitrogens with one attached hydrogen (secondary N) is 1. The van der Waals surface area contributed by atoms with Gasteiger partial charge in [-0.1, -0.05) is 42.5 Å². The Morgan fingerprint density at radius 3 is 2.52 bits per heavy atom. The number of carbonyl (C=O) groups excluding carboxylic acids is 1. The van der Waals surface area contributed by atoms with Crippen molar-refractivity contribution in [2.24, 2.45) is 5.92 Å². The number of carbonyl (C=O) groups is 1. The topological polar surface area (TPSA) is 72.3 Å². The number of amides is 2. The van der Waals surface area contributed by atoms with Crippen molar-refractivity contribution in [3.05, 3.63) is 77.9 Å². The lowest BCUT2D eigenvalue weighted by molar-refractivity contribution is 0.169. The number of piperidine rings is 1. The predicted octanol–water partition coefficient (Wildman–Crippen LogP) is 3.50. The second-order valence-electron chi connectivity index (χ2n) is 8.00. The minimum Gasteiger partial charge on any atom is -0.497 e. The van der Waals surface area contributed by atoms with Crippen LogP contribution in [0, 0.1) is 5.92 Å². The summed E-state index contributed by atoms with van der Waals surface area (Å²) in [7, 11) is 1.65. The van der Waals surface area contributed by atoms with Gasteiger partial charge in [0.1, 0.15) is 17.9 Å². The smallest absolute Gasteiger partial charge is 0.317 e. The largest absolute Gasteiger partial charge is 0.497 e. The van der Waals surface area contributed by atoms with E-state index in [1.54, 1.807) is 7.11 Å². The van der Waals surface area contributed by atoms with Crippen LogP contribution in [-0.4, -0.2) is 45.9 Å². The van der Waals surface area contributed by atoms with Gasteiger partial charge in [0.2, 0.25) is 0 Å². The van der Waals surface area contributed by atoms with Crippen LogP contribution in [0.4, 0.5) is 4.79 Å². The third kappa shape index (κ3) is 5.63. The van der Waals surface area contributed by atoms with Crippen LogP contribution in [-0.2, 0) is 19.5 Å². The lowest BCUT2D eigenvalue weighted by Gasteiger charge is -2.32. The highest BCUT2D eigenvalue weighted by atomic mass is 16.5. The molecule has 1 saturated heterocycles. The zero-order valence-corrected chi connectivity index (χ0v) is 17.9. The van der Waals surface area contributed by atoms with Gasteiger partial charge in [0, 0.05) is 26.1 Å². The Labute approximate surface area is 183 Å². The van der Waals surface area contributed by atoms with E-state index in [2.05, 4.69) is 44.3 Å². The lowest BCUT2D eigenvalue weighted by Crippen LogP contribution is -2.44. The van der Waals surface area contributed by atoms with Gasteiger partial charge in [-0.15, -0.1) is 10.2 Å². The molecular formula is C24H29N5O2. The predicted molar refractivity (Wildman–Crippen MR) is 119 cm³/mol. The molecule has 1 aromatic heterocycles. The molecule has 0 radical (unpaired) electrons. The van der Waals surface area contributed by atoms with Crippen molar-refractivity contribution in [2.75, 3.05) is 20.2 Å². The molecule has 4 rings (SSSR count). The second-order valence-corrected chi connectivity index (χ2v) is 8.00. The molecule has 7 nitrogen and oxygen atoms in total. The van der Waals surface area contributed by atoms with E-state index in [0.29, 0.717) is 12.5 Å². The number of nitrogens with zero attached hydrogens (tertiary/aromatic N) is 4. The Balaban J connectivity index is 1.23. The highest BCUT2D eigenvalue weighted by molar-refractivity contribution is 5.74. The zero-order chi connectivity index (χ0) is 21.5. The molecule has 2 heterocycles. The van der Waals surface area contributed by atoms with Gasteiger partial charge in [0.15, 0.2) is 0 Å². The van der Waals surface area contributed by atoms with Gasteiger partial charge in [0.25, 0.3) is 0 Å². The number of hydrogen-bond donors (Lipinski definition) is 1. The van der Waals surface area contributed by atoms with Crippen LogP contribution in [0.3, 0.4) is 0 Å². The summed E-state index contributed by atoms with van der Waals surface area (Å²) in [4.78, 5) is 14.5. The first-order chi connectivity index (χ1) is 15.2. The van der Waals surface area contributed by atoms with Gasteiger partial charge < -0.3 is 19.5 Å². The van der Waals surface area contributed by atoms with E-state index in [-0.39, 0.29) is 6.03 Å². The standard InChI is InChI=1S/C24H29N5O2/c1-31-22-9-7-20(8-10-22)16-25-24(30)28-13-11-19(12-14-28)15-23-27-26-18-29(23)17-21-5-3-2-4-6-21/h2-10,18-19H,11-17H2,1H3,(H,25,30). The summed E-state index contributed by atoms with van der Waals surface area (Å²) in [5, 5.41) is 11.5. The van der Waals surface area contributed by atoms with Crippen molar-refractivity contribution >= 4 is 6.03 Å². The molecule has 0 atom stereocenters. The van der Waals surface area contributed by atoms with E-state index in [4.69, 9.17) is 4.74 Å². The van der Waals surface area contributed by atoms with E-state index in [0.717, 1.165) is 56.0 Å².